The minimum absolute atomic E-state index is 0.110. The van der Waals surface area contributed by atoms with Gasteiger partial charge in [-0.05, 0) is 22.9 Å². The molecule has 2 N–H and O–H groups in total. The zero-order chi connectivity index (χ0) is 14.7. The van der Waals surface area contributed by atoms with E-state index in [0.29, 0.717) is 6.42 Å². The largest absolute Gasteiger partial charge is 0.481 e. The fourth-order valence-electron chi connectivity index (χ4n) is 2.10. The number of carbonyl (C=O) groups is 1. The molecule has 2 aromatic carbocycles. The van der Waals surface area contributed by atoms with Crippen molar-refractivity contribution in [2.45, 2.75) is 12.8 Å². The number of nitrogens with one attached hydrogen (secondary N) is 1. The molecule has 106 valence electrons. The number of benzene rings is 2. The molecule has 0 unspecified atom stereocenters. The van der Waals surface area contributed by atoms with Gasteiger partial charge in [0.05, 0.1) is 12.1 Å². The van der Waals surface area contributed by atoms with E-state index in [2.05, 4.69) is 34.6 Å². The molecule has 0 aliphatic rings. The molecule has 0 amide bonds. The van der Waals surface area contributed by atoms with Crippen molar-refractivity contribution in [2.75, 3.05) is 5.32 Å². The van der Waals surface area contributed by atoms with Crippen LogP contribution in [0.4, 0.5) is 10.8 Å². The highest BCUT2D eigenvalue weighted by Crippen LogP contribution is 2.24. The van der Waals surface area contributed by atoms with Gasteiger partial charge >= 0.3 is 5.97 Å². The van der Waals surface area contributed by atoms with Gasteiger partial charge in [-0.1, -0.05) is 30.3 Å². The Hall–Kier alpha value is -2.40. The maximum absolute atomic E-state index is 10.6. The number of nitrogens with zero attached hydrogens (tertiary/aromatic N) is 1. The summed E-state index contributed by atoms with van der Waals surface area (Å²) in [4.78, 5) is 15.0. The number of hydrogen-bond acceptors (Lipinski definition) is 4. The van der Waals surface area contributed by atoms with E-state index < -0.39 is 5.97 Å². The second kappa shape index (κ2) is 5.93. The number of carboxylic acids is 1. The summed E-state index contributed by atoms with van der Waals surface area (Å²) in [5.74, 6) is -0.799. The number of aliphatic carboxylic acids is 1. The van der Waals surface area contributed by atoms with Crippen molar-refractivity contribution in [3.05, 3.63) is 53.5 Å². The highest BCUT2D eigenvalue weighted by molar-refractivity contribution is 7.13. The van der Waals surface area contributed by atoms with Gasteiger partial charge in [-0.15, -0.1) is 11.3 Å². The van der Waals surface area contributed by atoms with Crippen LogP contribution in [0.15, 0.2) is 47.8 Å². The number of anilines is 2. The van der Waals surface area contributed by atoms with Crippen molar-refractivity contribution in [1.29, 1.82) is 0 Å². The van der Waals surface area contributed by atoms with Crippen LogP contribution in [0.5, 0.6) is 0 Å². The number of thiazole rings is 1. The Labute approximate surface area is 126 Å². The molecule has 1 aromatic heterocycles. The summed E-state index contributed by atoms with van der Waals surface area (Å²) in [6.45, 7) is 0. The molecule has 0 saturated carbocycles. The van der Waals surface area contributed by atoms with Gasteiger partial charge in [-0.2, -0.15) is 0 Å². The lowest BCUT2D eigenvalue weighted by molar-refractivity contribution is -0.136. The first-order valence-electron chi connectivity index (χ1n) is 6.63. The van der Waals surface area contributed by atoms with Crippen LogP contribution in [0.25, 0.3) is 10.8 Å². The van der Waals surface area contributed by atoms with Crippen molar-refractivity contribution in [2.24, 2.45) is 0 Å². The molecule has 1 heterocycles. The lowest BCUT2D eigenvalue weighted by Crippen LogP contribution is -1.98. The van der Waals surface area contributed by atoms with E-state index >= 15 is 0 Å². The molecule has 0 saturated heterocycles. The molecule has 0 aliphatic heterocycles. The number of hydrogen-bond donors (Lipinski definition) is 2. The van der Waals surface area contributed by atoms with Gasteiger partial charge in [0.2, 0.25) is 0 Å². The number of fused-ring (bicyclic) bond motifs is 1. The van der Waals surface area contributed by atoms with E-state index in [1.54, 1.807) is 0 Å². The predicted octanol–water partition coefficient (Wildman–Crippen LogP) is 4.06. The third-order valence-corrected chi connectivity index (χ3v) is 3.95. The van der Waals surface area contributed by atoms with Crippen LogP contribution in [0, 0.1) is 0 Å². The molecule has 5 heteroatoms. The van der Waals surface area contributed by atoms with Gasteiger partial charge in [0, 0.05) is 17.5 Å². The Morgan fingerprint density at radius 3 is 2.81 bits per heavy atom. The van der Waals surface area contributed by atoms with Gasteiger partial charge in [-0.3, -0.25) is 4.79 Å². The van der Waals surface area contributed by atoms with Crippen LogP contribution in [-0.4, -0.2) is 16.1 Å². The van der Waals surface area contributed by atoms with Crippen LogP contribution < -0.4 is 5.32 Å². The molecule has 21 heavy (non-hydrogen) atoms. The SMILES string of the molecule is O=C(O)CCc1csc(Nc2ccc3ccccc3c2)n1. The average Bonchev–Trinajstić information content (AvgIpc) is 2.92. The van der Waals surface area contributed by atoms with E-state index in [9.17, 15) is 4.79 Å². The van der Waals surface area contributed by atoms with Crippen LogP contribution in [0.3, 0.4) is 0 Å². The predicted molar refractivity (Wildman–Crippen MR) is 85.3 cm³/mol. The Morgan fingerprint density at radius 1 is 1.19 bits per heavy atom. The summed E-state index contributed by atoms with van der Waals surface area (Å²) in [6, 6.07) is 14.3. The van der Waals surface area contributed by atoms with Crippen molar-refractivity contribution < 1.29 is 9.90 Å². The third-order valence-electron chi connectivity index (χ3n) is 3.15. The van der Waals surface area contributed by atoms with E-state index in [0.717, 1.165) is 16.5 Å². The Kier molecular flexibility index (Phi) is 3.83. The first kappa shape index (κ1) is 13.6. The maximum atomic E-state index is 10.6. The summed E-state index contributed by atoms with van der Waals surface area (Å²) in [7, 11) is 0. The average molecular weight is 298 g/mol. The van der Waals surface area contributed by atoms with E-state index in [-0.39, 0.29) is 6.42 Å². The molecule has 0 radical (unpaired) electrons. The zero-order valence-corrected chi connectivity index (χ0v) is 12.1. The van der Waals surface area contributed by atoms with Gasteiger partial charge < -0.3 is 10.4 Å². The topological polar surface area (TPSA) is 62.2 Å². The standard InChI is InChI=1S/C16H14N2O2S/c19-15(20)8-7-14-10-21-16(18-14)17-13-6-5-11-3-1-2-4-12(11)9-13/h1-6,9-10H,7-8H2,(H,17,18)(H,19,20). The minimum atomic E-state index is -0.799. The highest BCUT2D eigenvalue weighted by Gasteiger charge is 2.05. The fourth-order valence-corrected chi connectivity index (χ4v) is 2.87. The summed E-state index contributed by atoms with van der Waals surface area (Å²) >= 11 is 1.49. The Balaban J connectivity index is 1.74. The first-order chi connectivity index (χ1) is 10.2. The maximum Gasteiger partial charge on any atom is 0.303 e. The van der Waals surface area contributed by atoms with Gasteiger partial charge in [-0.25, -0.2) is 4.98 Å². The van der Waals surface area contributed by atoms with Crippen molar-refractivity contribution in [3.8, 4) is 0 Å². The highest BCUT2D eigenvalue weighted by atomic mass is 32.1. The van der Waals surface area contributed by atoms with E-state index in [4.69, 9.17) is 5.11 Å². The molecule has 0 spiro atoms. The third kappa shape index (κ3) is 3.38. The first-order valence-corrected chi connectivity index (χ1v) is 7.51. The van der Waals surface area contributed by atoms with Crippen molar-refractivity contribution in [1.82, 2.24) is 4.98 Å². The lowest BCUT2D eigenvalue weighted by Gasteiger charge is -2.04. The fraction of sp³-hybridized carbons (Fsp3) is 0.125. The monoisotopic (exact) mass is 298 g/mol. The number of rotatable bonds is 5. The van der Waals surface area contributed by atoms with Crippen molar-refractivity contribution in [3.63, 3.8) is 0 Å². The second-order valence-corrected chi connectivity index (χ2v) is 5.58. The summed E-state index contributed by atoms with van der Waals surface area (Å²) in [6.07, 6.45) is 0.574. The second-order valence-electron chi connectivity index (χ2n) is 4.72. The molecular weight excluding hydrogens is 284 g/mol. The molecule has 3 aromatic rings. The zero-order valence-electron chi connectivity index (χ0n) is 11.2. The van der Waals surface area contributed by atoms with E-state index in [1.165, 1.54) is 22.1 Å². The van der Waals surface area contributed by atoms with E-state index in [1.807, 2.05) is 23.6 Å². The summed E-state index contributed by atoms with van der Waals surface area (Å²) in [5, 5.41) is 17.0. The molecule has 0 atom stereocenters. The van der Waals surface area contributed by atoms with Crippen molar-refractivity contribution >= 4 is 38.9 Å². The summed E-state index contributed by atoms with van der Waals surface area (Å²) in [5.41, 5.74) is 1.79. The lowest BCUT2D eigenvalue weighted by atomic mass is 10.1. The Bertz CT molecular complexity index is 783. The number of carboxylic acid groups (broad SMARTS) is 1. The van der Waals surface area contributed by atoms with Crippen LogP contribution >= 0.6 is 11.3 Å². The molecule has 0 fully saturated rings. The minimum Gasteiger partial charge on any atom is -0.481 e. The van der Waals surface area contributed by atoms with Gasteiger partial charge in [0.1, 0.15) is 0 Å². The molecule has 0 bridgehead atoms. The Morgan fingerprint density at radius 2 is 2.00 bits per heavy atom. The van der Waals surface area contributed by atoms with Crippen LogP contribution in [-0.2, 0) is 11.2 Å². The molecule has 4 nitrogen and oxygen atoms in total. The normalized spacial score (nSPS) is 10.7. The van der Waals surface area contributed by atoms with Crippen LogP contribution in [0.2, 0.25) is 0 Å². The molecule has 3 rings (SSSR count). The van der Waals surface area contributed by atoms with Crippen LogP contribution in [0.1, 0.15) is 12.1 Å². The number of aryl methyl sites for hydroxylation is 1. The van der Waals surface area contributed by atoms with Gasteiger partial charge in [0.15, 0.2) is 5.13 Å². The molecule has 0 aliphatic carbocycles. The summed E-state index contributed by atoms with van der Waals surface area (Å²) < 4.78 is 0. The smallest absolute Gasteiger partial charge is 0.303 e. The molecular formula is C16H14N2O2S. The number of aromatic nitrogens is 1. The quantitative estimate of drug-likeness (QED) is 0.745. The van der Waals surface area contributed by atoms with Gasteiger partial charge in [0.25, 0.3) is 0 Å².